The third-order valence-corrected chi connectivity index (χ3v) is 1.93. The van der Waals surface area contributed by atoms with Crippen molar-refractivity contribution in [1.82, 2.24) is 0 Å². The first-order valence-corrected chi connectivity index (χ1v) is 4.78. The van der Waals surface area contributed by atoms with Crippen molar-refractivity contribution in [2.45, 2.75) is 13.8 Å². The van der Waals surface area contributed by atoms with E-state index in [4.69, 9.17) is 14.2 Å². The Morgan fingerprint density at radius 1 is 1.29 bits per heavy atom. The number of rotatable bonds is 3. The van der Waals surface area contributed by atoms with Crippen molar-refractivity contribution in [1.29, 1.82) is 0 Å². The Morgan fingerprint density at radius 3 is 2.86 bits per heavy atom. The molecular weight excluding hydrogens is 180 g/mol. The summed E-state index contributed by atoms with van der Waals surface area (Å²) in [5.74, 6) is 2.93. The van der Waals surface area contributed by atoms with Gasteiger partial charge in [-0.2, -0.15) is 0 Å². The third kappa shape index (κ3) is 1.92. The second-order valence-corrected chi connectivity index (χ2v) is 3.72. The van der Waals surface area contributed by atoms with Crippen LogP contribution in [-0.2, 0) is 0 Å². The molecule has 1 aromatic carbocycles. The second-order valence-electron chi connectivity index (χ2n) is 3.72. The van der Waals surface area contributed by atoms with Crippen LogP contribution in [0.25, 0.3) is 0 Å². The molecule has 0 atom stereocenters. The average Bonchev–Trinajstić information content (AvgIpc) is 2.61. The van der Waals surface area contributed by atoms with E-state index in [1.807, 2.05) is 18.2 Å². The van der Waals surface area contributed by atoms with Gasteiger partial charge in [-0.05, 0) is 18.1 Å². The Kier molecular flexibility index (Phi) is 2.48. The van der Waals surface area contributed by atoms with E-state index in [0.717, 1.165) is 23.9 Å². The summed E-state index contributed by atoms with van der Waals surface area (Å²) >= 11 is 0. The molecule has 1 aromatic rings. The van der Waals surface area contributed by atoms with E-state index in [2.05, 4.69) is 13.8 Å². The molecule has 76 valence electrons. The highest BCUT2D eigenvalue weighted by Gasteiger charge is 2.13. The second kappa shape index (κ2) is 3.78. The van der Waals surface area contributed by atoms with Crippen LogP contribution in [0.3, 0.4) is 0 Å². The molecule has 3 nitrogen and oxygen atoms in total. The minimum absolute atomic E-state index is 0.308. The molecule has 0 unspecified atom stereocenters. The fourth-order valence-corrected chi connectivity index (χ4v) is 1.23. The minimum atomic E-state index is 0.308. The van der Waals surface area contributed by atoms with Crippen molar-refractivity contribution in [3.63, 3.8) is 0 Å². The van der Waals surface area contributed by atoms with Crippen LogP contribution in [0.4, 0.5) is 0 Å². The first kappa shape index (κ1) is 9.19. The molecule has 3 heteroatoms. The summed E-state index contributed by atoms with van der Waals surface area (Å²) in [7, 11) is 0. The summed E-state index contributed by atoms with van der Waals surface area (Å²) in [4.78, 5) is 0. The smallest absolute Gasteiger partial charge is 0.231 e. The molecule has 0 N–H and O–H groups in total. The molecule has 0 bridgehead atoms. The number of hydrogen-bond donors (Lipinski definition) is 0. The Labute approximate surface area is 83.6 Å². The predicted molar refractivity (Wildman–Crippen MR) is 52.9 cm³/mol. The lowest BCUT2D eigenvalue weighted by Gasteiger charge is -2.08. The van der Waals surface area contributed by atoms with Crippen molar-refractivity contribution in [2.24, 2.45) is 5.92 Å². The first-order valence-electron chi connectivity index (χ1n) is 4.78. The van der Waals surface area contributed by atoms with Gasteiger partial charge in [0.1, 0.15) is 5.75 Å². The molecule has 0 aliphatic carbocycles. The van der Waals surface area contributed by atoms with E-state index in [9.17, 15) is 0 Å². The maximum atomic E-state index is 5.56. The topological polar surface area (TPSA) is 27.7 Å². The lowest BCUT2D eigenvalue weighted by molar-refractivity contribution is 0.173. The van der Waals surface area contributed by atoms with Gasteiger partial charge in [0.05, 0.1) is 6.61 Å². The lowest BCUT2D eigenvalue weighted by Crippen LogP contribution is -2.04. The van der Waals surface area contributed by atoms with Crippen LogP contribution in [0, 0.1) is 5.92 Å². The van der Waals surface area contributed by atoms with Gasteiger partial charge >= 0.3 is 0 Å². The summed E-state index contributed by atoms with van der Waals surface area (Å²) in [5, 5.41) is 0. The van der Waals surface area contributed by atoms with E-state index in [-0.39, 0.29) is 0 Å². The maximum absolute atomic E-state index is 5.56. The number of benzene rings is 1. The van der Waals surface area contributed by atoms with Crippen LogP contribution in [-0.4, -0.2) is 13.4 Å². The van der Waals surface area contributed by atoms with Crippen LogP contribution >= 0.6 is 0 Å². The monoisotopic (exact) mass is 194 g/mol. The first-order chi connectivity index (χ1) is 6.75. The summed E-state index contributed by atoms with van der Waals surface area (Å²) < 4.78 is 16.0. The number of hydrogen-bond acceptors (Lipinski definition) is 3. The molecular formula is C11H14O3. The van der Waals surface area contributed by atoms with E-state index >= 15 is 0 Å². The number of ether oxygens (including phenoxy) is 3. The largest absolute Gasteiger partial charge is 0.493 e. The normalized spacial score (nSPS) is 13.4. The lowest BCUT2D eigenvalue weighted by atomic mass is 10.2. The molecule has 1 aliphatic heterocycles. The van der Waals surface area contributed by atoms with Crippen molar-refractivity contribution in [3.8, 4) is 17.2 Å². The van der Waals surface area contributed by atoms with Gasteiger partial charge in [-0.3, -0.25) is 0 Å². The van der Waals surface area contributed by atoms with Crippen LogP contribution in [0.5, 0.6) is 17.2 Å². The van der Waals surface area contributed by atoms with Crippen molar-refractivity contribution in [3.05, 3.63) is 18.2 Å². The molecule has 1 aliphatic rings. The standard InChI is InChI=1S/C11H14O3/c1-8(2)6-12-9-3-4-10-11(5-9)14-7-13-10/h3-5,8H,6-7H2,1-2H3. The Hall–Kier alpha value is -1.38. The van der Waals surface area contributed by atoms with E-state index in [1.165, 1.54) is 0 Å². The van der Waals surface area contributed by atoms with Crippen LogP contribution < -0.4 is 14.2 Å². The summed E-state index contributed by atoms with van der Waals surface area (Å²) in [6.45, 7) is 5.27. The van der Waals surface area contributed by atoms with Gasteiger partial charge in [-0.1, -0.05) is 13.8 Å². The molecule has 0 radical (unpaired) electrons. The molecule has 14 heavy (non-hydrogen) atoms. The van der Waals surface area contributed by atoms with Gasteiger partial charge in [-0.25, -0.2) is 0 Å². The number of fused-ring (bicyclic) bond motifs is 1. The van der Waals surface area contributed by atoms with Crippen molar-refractivity contribution < 1.29 is 14.2 Å². The highest BCUT2D eigenvalue weighted by Crippen LogP contribution is 2.35. The molecule has 0 amide bonds. The quantitative estimate of drug-likeness (QED) is 0.739. The van der Waals surface area contributed by atoms with E-state index in [0.29, 0.717) is 12.7 Å². The molecule has 0 saturated carbocycles. The van der Waals surface area contributed by atoms with Gasteiger partial charge in [0.15, 0.2) is 11.5 Å². The molecule has 0 fully saturated rings. The van der Waals surface area contributed by atoms with Crippen molar-refractivity contribution >= 4 is 0 Å². The predicted octanol–water partition coefficient (Wildman–Crippen LogP) is 2.45. The zero-order valence-electron chi connectivity index (χ0n) is 8.45. The molecule has 0 spiro atoms. The van der Waals surface area contributed by atoms with Crippen LogP contribution in [0.15, 0.2) is 18.2 Å². The van der Waals surface area contributed by atoms with Gasteiger partial charge in [0.2, 0.25) is 6.79 Å². The van der Waals surface area contributed by atoms with Crippen LogP contribution in [0.2, 0.25) is 0 Å². The molecule has 1 heterocycles. The molecule has 0 saturated heterocycles. The van der Waals surface area contributed by atoms with Crippen molar-refractivity contribution in [2.75, 3.05) is 13.4 Å². The average molecular weight is 194 g/mol. The highest BCUT2D eigenvalue weighted by molar-refractivity contribution is 5.46. The SMILES string of the molecule is CC(C)COc1ccc2c(c1)OCO2. The van der Waals surface area contributed by atoms with Gasteiger partial charge in [0.25, 0.3) is 0 Å². The Bertz CT molecular complexity index is 320. The van der Waals surface area contributed by atoms with Crippen LogP contribution in [0.1, 0.15) is 13.8 Å². The van der Waals surface area contributed by atoms with E-state index < -0.39 is 0 Å². The summed E-state index contributed by atoms with van der Waals surface area (Å²) in [6, 6.07) is 5.64. The third-order valence-electron chi connectivity index (χ3n) is 1.93. The fraction of sp³-hybridized carbons (Fsp3) is 0.455. The Morgan fingerprint density at radius 2 is 2.07 bits per heavy atom. The zero-order chi connectivity index (χ0) is 9.97. The van der Waals surface area contributed by atoms with E-state index in [1.54, 1.807) is 0 Å². The highest BCUT2D eigenvalue weighted by atomic mass is 16.7. The zero-order valence-corrected chi connectivity index (χ0v) is 8.45. The molecule has 2 rings (SSSR count). The van der Waals surface area contributed by atoms with Gasteiger partial charge < -0.3 is 14.2 Å². The van der Waals surface area contributed by atoms with Gasteiger partial charge in [0, 0.05) is 6.07 Å². The minimum Gasteiger partial charge on any atom is -0.493 e. The van der Waals surface area contributed by atoms with Gasteiger partial charge in [-0.15, -0.1) is 0 Å². The molecule has 0 aromatic heterocycles. The summed E-state index contributed by atoms with van der Waals surface area (Å²) in [6.07, 6.45) is 0. The fourth-order valence-electron chi connectivity index (χ4n) is 1.23. The summed E-state index contributed by atoms with van der Waals surface area (Å²) in [5.41, 5.74) is 0. The maximum Gasteiger partial charge on any atom is 0.231 e. The Balaban J connectivity index is 2.05.